The lowest BCUT2D eigenvalue weighted by Gasteiger charge is -2.32. The largest absolute Gasteiger partial charge is 0.497 e. The average Bonchev–Trinajstić information content (AvgIpc) is 3.33. The van der Waals surface area contributed by atoms with Crippen molar-refractivity contribution in [3.8, 4) is 5.75 Å². The predicted octanol–water partition coefficient (Wildman–Crippen LogP) is 4.26. The Bertz CT molecular complexity index is 1070. The van der Waals surface area contributed by atoms with E-state index in [0.717, 1.165) is 24.2 Å². The summed E-state index contributed by atoms with van der Waals surface area (Å²) in [6.07, 6.45) is 2.98. The molecule has 0 aliphatic carbocycles. The number of carbonyl (C=O) groups excluding carboxylic acids is 2. The van der Waals surface area contributed by atoms with Crippen LogP contribution in [0.4, 0.5) is 5.69 Å². The van der Waals surface area contributed by atoms with Gasteiger partial charge in [0.2, 0.25) is 0 Å². The van der Waals surface area contributed by atoms with Crippen molar-refractivity contribution in [3.05, 3.63) is 77.5 Å². The van der Waals surface area contributed by atoms with Gasteiger partial charge in [0.25, 0.3) is 11.8 Å². The van der Waals surface area contributed by atoms with E-state index < -0.39 is 0 Å². The van der Waals surface area contributed by atoms with Gasteiger partial charge in [0, 0.05) is 36.5 Å². The Morgan fingerprint density at radius 2 is 1.94 bits per heavy atom. The molecule has 0 spiro atoms. The molecule has 0 atom stereocenters. The SMILES string of the molecule is COc1cccc(NC(=O)c2ccc(C)nc2C2CCN(C(=O)c3ccco3)CC2)c1. The van der Waals surface area contributed by atoms with Gasteiger partial charge in [-0.3, -0.25) is 14.6 Å². The summed E-state index contributed by atoms with van der Waals surface area (Å²) in [4.78, 5) is 32.1. The molecule has 3 aromatic rings. The number of aryl methyl sites for hydroxylation is 1. The molecular formula is C24H25N3O4. The number of hydrogen-bond donors (Lipinski definition) is 1. The molecule has 3 heterocycles. The summed E-state index contributed by atoms with van der Waals surface area (Å²) in [5.41, 5.74) is 2.87. The van der Waals surface area contributed by atoms with E-state index >= 15 is 0 Å². The van der Waals surface area contributed by atoms with E-state index in [-0.39, 0.29) is 17.7 Å². The van der Waals surface area contributed by atoms with Gasteiger partial charge in [-0.2, -0.15) is 0 Å². The van der Waals surface area contributed by atoms with Crippen LogP contribution in [-0.4, -0.2) is 41.9 Å². The second-order valence-electron chi connectivity index (χ2n) is 7.62. The zero-order chi connectivity index (χ0) is 21.8. The quantitative estimate of drug-likeness (QED) is 0.668. The fraction of sp³-hybridized carbons (Fsp3) is 0.292. The number of ether oxygens (including phenoxy) is 1. The topological polar surface area (TPSA) is 84.7 Å². The summed E-state index contributed by atoms with van der Waals surface area (Å²) in [7, 11) is 1.59. The van der Waals surface area contributed by atoms with Crippen molar-refractivity contribution in [2.75, 3.05) is 25.5 Å². The predicted molar refractivity (Wildman–Crippen MR) is 117 cm³/mol. The summed E-state index contributed by atoms with van der Waals surface area (Å²) in [6, 6.07) is 14.3. The van der Waals surface area contributed by atoms with Crippen molar-refractivity contribution in [2.45, 2.75) is 25.7 Å². The van der Waals surface area contributed by atoms with Gasteiger partial charge in [-0.25, -0.2) is 0 Å². The minimum atomic E-state index is -0.204. The molecule has 0 saturated carbocycles. The number of likely N-dealkylation sites (tertiary alicyclic amines) is 1. The average molecular weight is 419 g/mol. The third-order valence-corrected chi connectivity index (χ3v) is 5.54. The lowest BCUT2D eigenvalue weighted by molar-refractivity contribution is 0.0679. The van der Waals surface area contributed by atoms with Crippen LogP contribution in [0.2, 0.25) is 0 Å². The molecule has 0 bridgehead atoms. The van der Waals surface area contributed by atoms with Crippen LogP contribution in [0.15, 0.2) is 59.2 Å². The Kier molecular flexibility index (Phi) is 6.02. The van der Waals surface area contributed by atoms with E-state index in [9.17, 15) is 9.59 Å². The fourth-order valence-electron chi connectivity index (χ4n) is 3.89. The van der Waals surface area contributed by atoms with Gasteiger partial charge in [0.15, 0.2) is 5.76 Å². The lowest BCUT2D eigenvalue weighted by atomic mass is 9.89. The molecule has 2 amide bonds. The van der Waals surface area contributed by atoms with Crippen LogP contribution in [-0.2, 0) is 0 Å². The first-order chi connectivity index (χ1) is 15.0. The summed E-state index contributed by atoms with van der Waals surface area (Å²) in [5.74, 6) is 0.826. The number of piperidine rings is 1. The number of pyridine rings is 1. The number of furan rings is 1. The Morgan fingerprint density at radius 1 is 1.13 bits per heavy atom. The first-order valence-electron chi connectivity index (χ1n) is 10.3. The maximum Gasteiger partial charge on any atom is 0.289 e. The molecule has 7 nitrogen and oxygen atoms in total. The molecule has 1 aromatic carbocycles. The zero-order valence-electron chi connectivity index (χ0n) is 17.6. The molecular weight excluding hydrogens is 394 g/mol. The number of nitrogens with one attached hydrogen (secondary N) is 1. The zero-order valence-corrected chi connectivity index (χ0v) is 17.6. The normalized spacial score (nSPS) is 14.3. The highest BCUT2D eigenvalue weighted by Gasteiger charge is 2.29. The lowest BCUT2D eigenvalue weighted by Crippen LogP contribution is -2.38. The van der Waals surface area contributed by atoms with Gasteiger partial charge in [-0.05, 0) is 56.2 Å². The highest BCUT2D eigenvalue weighted by Crippen LogP contribution is 2.30. The van der Waals surface area contributed by atoms with E-state index in [4.69, 9.17) is 14.1 Å². The monoisotopic (exact) mass is 419 g/mol. The van der Waals surface area contributed by atoms with Gasteiger partial charge >= 0.3 is 0 Å². The van der Waals surface area contributed by atoms with Crippen molar-refractivity contribution in [3.63, 3.8) is 0 Å². The second-order valence-corrected chi connectivity index (χ2v) is 7.62. The maximum absolute atomic E-state index is 13.0. The molecule has 0 unspecified atom stereocenters. The first-order valence-corrected chi connectivity index (χ1v) is 10.3. The Balaban J connectivity index is 1.49. The van der Waals surface area contributed by atoms with Crippen LogP contribution in [0, 0.1) is 6.92 Å². The summed E-state index contributed by atoms with van der Waals surface area (Å²) >= 11 is 0. The summed E-state index contributed by atoms with van der Waals surface area (Å²) in [5, 5.41) is 2.94. The van der Waals surface area contributed by atoms with E-state index in [0.29, 0.717) is 35.9 Å². The van der Waals surface area contributed by atoms with E-state index in [2.05, 4.69) is 5.32 Å². The summed E-state index contributed by atoms with van der Waals surface area (Å²) < 4.78 is 10.5. The van der Waals surface area contributed by atoms with E-state index in [1.54, 1.807) is 30.2 Å². The Morgan fingerprint density at radius 3 is 2.65 bits per heavy atom. The molecule has 1 aliphatic rings. The van der Waals surface area contributed by atoms with Crippen LogP contribution in [0.1, 0.15) is 51.1 Å². The van der Waals surface area contributed by atoms with Gasteiger partial charge in [-0.15, -0.1) is 0 Å². The molecule has 31 heavy (non-hydrogen) atoms. The number of amides is 2. The fourth-order valence-corrected chi connectivity index (χ4v) is 3.89. The van der Waals surface area contributed by atoms with Crippen LogP contribution in [0.25, 0.3) is 0 Å². The van der Waals surface area contributed by atoms with E-state index in [1.807, 2.05) is 37.3 Å². The number of aromatic nitrogens is 1. The molecule has 0 radical (unpaired) electrons. The van der Waals surface area contributed by atoms with Crippen molar-refractivity contribution in [1.82, 2.24) is 9.88 Å². The molecule has 160 valence electrons. The Labute approximate surface area is 181 Å². The highest BCUT2D eigenvalue weighted by molar-refractivity contribution is 6.05. The summed E-state index contributed by atoms with van der Waals surface area (Å²) in [6.45, 7) is 3.11. The number of nitrogens with zero attached hydrogens (tertiary/aromatic N) is 2. The van der Waals surface area contributed by atoms with Gasteiger partial charge in [0.05, 0.1) is 24.6 Å². The molecule has 1 N–H and O–H groups in total. The smallest absolute Gasteiger partial charge is 0.289 e. The van der Waals surface area contributed by atoms with Gasteiger partial charge in [0.1, 0.15) is 5.75 Å². The number of methoxy groups -OCH3 is 1. The third-order valence-electron chi connectivity index (χ3n) is 5.54. The number of benzene rings is 1. The minimum Gasteiger partial charge on any atom is -0.497 e. The maximum atomic E-state index is 13.0. The molecule has 1 aliphatic heterocycles. The molecule has 7 heteroatoms. The Hall–Kier alpha value is -3.61. The standard InChI is InChI=1S/C24H25N3O4/c1-16-8-9-20(23(28)26-18-5-3-6-19(15-18)30-2)22(25-16)17-10-12-27(13-11-17)24(29)21-7-4-14-31-21/h3-9,14-15,17H,10-13H2,1-2H3,(H,26,28). The minimum absolute atomic E-state index is 0.100. The highest BCUT2D eigenvalue weighted by atomic mass is 16.5. The number of hydrogen-bond acceptors (Lipinski definition) is 5. The van der Waals surface area contributed by atoms with Gasteiger partial charge in [-0.1, -0.05) is 6.07 Å². The van der Waals surface area contributed by atoms with Gasteiger partial charge < -0.3 is 19.4 Å². The van der Waals surface area contributed by atoms with Crippen LogP contribution >= 0.6 is 0 Å². The van der Waals surface area contributed by atoms with Crippen molar-refractivity contribution >= 4 is 17.5 Å². The molecule has 4 rings (SSSR count). The van der Waals surface area contributed by atoms with Crippen LogP contribution < -0.4 is 10.1 Å². The second kappa shape index (κ2) is 9.04. The number of rotatable bonds is 5. The first kappa shape index (κ1) is 20.7. The number of carbonyl (C=O) groups is 2. The molecule has 1 fully saturated rings. The van der Waals surface area contributed by atoms with Crippen LogP contribution in [0.5, 0.6) is 5.75 Å². The van der Waals surface area contributed by atoms with Crippen LogP contribution in [0.3, 0.4) is 0 Å². The number of anilines is 1. The third kappa shape index (κ3) is 4.60. The van der Waals surface area contributed by atoms with E-state index in [1.165, 1.54) is 6.26 Å². The van der Waals surface area contributed by atoms with Crippen molar-refractivity contribution in [1.29, 1.82) is 0 Å². The van der Waals surface area contributed by atoms with Crippen molar-refractivity contribution < 1.29 is 18.7 Å². The molecule has 1 saturated heterocycles. The van der Waals surface area contributed by atoms with Crippen molar-refractivity contribution in [2.24, 2.45) is 0 Å². The molecule has 2 aromatic heterocycles.